The molecule has 2 heterocycles. The molecule has 1 aromatic heterocycles. The molecule has 0 amide bonds. The summed E-state index contributed by atoms with van der Waals surface area (Å²) in [7, 11) is 0. The molecule has 0 bridgehead atoms. The van der Waals surface area contributed by atoms with E-state index in [1.54, 1.807) is 0 Å². The first-order valence-corrected chi connectivity index (χ1v) is 6.76. The van der Waals surface area contributed by atoms with E-state index in [4.69, 9.17) is 11.6 Å². The van der Waals surface area contributed by atoms with E-state index >= 15 is 0 Å². The van der Waals surface area contributed by atoms with Crippen LogP contribution < -0.4 is 5.32 Å². The van der Waals surface area contributed by atoms with Crippen LogP contribution in [0, 0.1) is 13.8 Å². The summed E-state index contributed by atoms with van der Waals surface area (Å²) in [6, 6.07) is 8.64. The Morgan fingerprint density at radius 2 is 2.06 bits per heavy atom. The molecule has 0 radical (unpaired) electrons. The van der Waals surface area contributed by atoms with Crippen molar-refractivity contribution in [2.75, 3.05) is 11.9 Å². The zero-order valence-electron chi connectivity index (χ0n) is 10.8. The van der Waals surface area contributed by atoms with E-state index in [9.17, 15) is 0 Å². The Balaban J connectivity index is 2.12. The highest BCUT2D eigenvalue weighted by Gasteiger charge is 2.13. The van der Waals surface area contributed by atoms with Gasteiger partial charge in [0.2, 0.25) is 0 Å². The molecule has 3 rings (SSSR count). The number of halogens is 1. The number of rotatable bonds is 1. The van der Waals surface area contributed by atoms with Crippen LogP contribution in [0.5, 0.6) is 0 Å². The first-order valence-electron chi connectivity index (χ1n) is 6.38. The van der Waals surface area contributed by atoms with Gasteiger partial charge in [-0.2, -0.15) is 0 Å². The summed E-state index contributed by atoms with van der Waals surface area (Å²) >= 11 is 6.19. The molecule has 0 atom stereocenters. The zero-order chi connectivity index (χ0) is 12.7. The molecule has 1 N–H and O–H groups in total. The van der Waals surface area contributed by atoms with Crippen molar-refractivity contribution in [1.82, 2.24) is 4.57 Å². The van der Waals surface area contributed by atoms with Crippen molar-refractivity contribution < 1.29 is 0 Å². The van der Waals surface area contributed by atoms with Crippen molar-refractivity contribution in [3.8, 4) is 5.69 Å². The predicted molar refractivity (Wildman–Crippen MR) is 77.1 cm³/mol. The molecule has 0 fully saturated rings. The van der Waals surface area contributed by atoms with Gasteiger partial charge in [-0.15, -0.1) is 0 Å². The average molecular weight is 261 g/mol. The van der Waals surface area contributed by atoms with E-state index in [1.165, 1.54) is 29.1 Å². The van der Waals surface area contributed by atoms with E-state index < -0.39 is 0 Å². The van der Waals surface area contributed by atoms with Gasteiger partial charge in [0.1, 0.15) is 0 Å². The van der Waals surface area contributed by atoms with Crippen molar-refractivity contribution in [2.45, 2.75) is 26.7 Å². The van der Waals surface area contributed by atoms with Crippen LogP contribution in [0.25, 0.3) is 5.69 Å². The van der Waals surface area contributed by atoms with Crippen LogP contribution in [0.2, 0.25) is 5.02 Å². The van der Waals surface area contributed by atoms with Crippen LogP contribution in [0.1, 0.15) is 23.4 Å². The normalized spacial score (nSPS) is 14.2. The number of aromatic nitrogens is 1. The van der Waals surface area contributed by atoms with Gasteiger partial charge in [0, 0.05) is 29.3 Å². The van der Waals surface area contributed by atoms with Crippen LogP contribution in [0.4, 0.5) is 5.69 Å². The van der Waals surface area contributed by atoms with Crippen LogP contribution >= 0.6 is 11.6 Å². The standard InChI is InChI=1S/C15H17ClN2/c1-10-8-14(16)11(2)18(10)13-5-6-15-12(9-13)4-3-7-17-15/h5-6,8-9,17H,3-4,7H2,1-2H3. The molecule has 1 aromatic carbocycles. The fourth-order valence-electron chi connectivity index (χ4n) is 2.72. The van der Waals surface area contributed by atoms with Gasteiger partial charge >= 0.3 is 0 Å². The molecule has 18 heavy (non-hydrogen) atoms. The lowest BCUT2D eigenvalue weighted by Crippen LogP contribution is -2.12. The van der Waals surface area contributed by atoms with Crippen molar-refractivity contribution in [3.05, 3.63) is 46.2 Å². The number of hydrogen-bond donors (Lipinski definition) is 1. The van der Waals surface area contributed by atoms with Crippen molar-refractivity contribution in [1.29, 1.82) is 0 Å². The van der Waals surface area contributed by atoms with Gasteiger partial charge in [0.05, 0.1) is 5.02 Å². The molecule has 0 saturated carbocycles. The molecule has 0 spiro atoms. The Labute approximate surface area is 113 Å². The molecule has 94 valence electrons. The summed E-state index contributed by atoms with van der Waals surface area (Å²) in [5, 5.41) is 4.28. The van der Waals surface area contributed by atoms with Gasteiger partial charge in [0.25, 0.3) is 0 Å². The number of aryl methyl sites for hydroxylation is 2. The molecular formula is C15H17ClN2. The van der Waals surface area contributed by atoms with Crippen LogP contribution in [-0.4, -0.2) is 11.1 Å². The lowest BCUT2D eigenvalue weighted by molar-refractivity contribution is 0.826. The Morgan fingerprint density at radius 3 is 2.78 bits per heavy atom. The summed E-state index contributed by atoms with van der Waals surface area (Å²) in [6.45, 7) is 5.24. The maximum Gasteiger partial charge on any atom is 0.0618 e. The van der Waals surface area contributed by atoms with Gasteiger partial charge in [-0.1, -0.05) is 11.6 Å². The summed E-state index contributed by atoms with van der Waals surface area (Å²) < 4.78 is 2.22. The monoisotopic (exact) mass is 260 g/mol. The number of anilines is 1. The van der Waals surface area contributed by atoms with Crippen molar-refractivity contribution >= 4 is 17.3 Å². The number of nitrogens with one attached hydrogen (secondary N) is 1. The lowest BCUT2D eigenvalue weighted by atomic mass is 10.0. The molecule has 0 aliphatic carbocycles. The summed E-state index contributed by atoms with van der Waals surface area (Å²) in [5.74, 6) is 0. The number of hydrogen-bond acceptors (Lipinski definition) is 1. The van der Waals surface area contributed by atoms with Gasteiger partial charge in [-0.25, -0.2) is 0 Å². The third kappa shape index (κ3) is 1.81. The molecule has 1 aliphatic rings. The van der Waals surface area contributed by atoms with E-state index in [0.717, 1.165) is 23.7 Å². The molecule has 2 nitrogen and oxygen atoms in total. The van der Waals surface area contributed by atoms with E-state index in [-0.39, 0.29) is 0 Å². The van der Waals surface area contributed by atoms with Gasteiger partial charge in [-0.3, -0.25) is 0 Å². The maximum absolute atomic E-state index is 6.19. The van der Waals surface area contributed by atoms with Crippen LogP contribution in [0.15, 0.2) is 24.3 Å². The van der Waals surface area contributed by atoms with Gasteiger partial charge in [0.15, 0.2) is 0 Å². The van der Waals surface area contributed by atoms with Crippen LogP contribution in [-0.2, 0) is 6.42 Å². The van der Waals surface area contributed by atoms with Crippen molar-refractivity contribution in [3.63, 3.8) is 0 Å². The summed E-state index contributed by atoms with van der Waals surface area (Å²) in [4.78, 5) is 0. The Hall–Kier alpha value is -1.41. The van der Waals surface area contributed by atoms with E-state index in [1.807, 2.05) is 6.07 Å². The SMILES string of the molecule is Cc1cc(Cl)c(C)n1-c1ccc2c(c1)CCCN2. The summed E-state index contributed by atoms with van der Waals surface area (Å²) in [5.41, 5.74) is 6.18. The third-order valence-electron chi connectivity index (χ3n) is 3.65. The number of fused-ring (bicyclic) bond motifs is 1. The minimum Gasteiger partial charge on any atom is -0.385 e. The molecule has 3 heteroatoms. The minimum absolute atomic E-state index is 0.836. The topological polar surface area (TPSA) is 17.0 Å². The molecule has 0 saturated heterocycles. The fraction of sp³-hybridized carbons (Fsp3) is 0.333. The second kappa shape index (κ2) is 4.36. The van der Waals surface area contributed by atoms with Crippen molar-refractivity contribution in [2.24, 2.45) is 0 Å². The fourth-order valence-corrected chi connectivity index (χ4v) is 2.96. The largest absolute Gasteiger partial charge is 0.385 e. The van der Waals surface area contributed by atoms with E-state index in [0.29, 0.717) is 0 Å². The lowest BCUT2D eigenvalue weighted by Gasteiger charge is -2.20. The second-order valence-corrected chi connectivity index (χ2v) is 5.33. The molecule has 1 aliphatic heterocycles. The maximum atomic E-state index is 6.19. The Kier molecular flexibility index (Phi) is 2.83. The quantitative estimate of drug-likeness (QED) is 0.817. The highest BCUT2D eigenvalue weighted by molar-refractivity contribution is 6.31. The number of benzene rings is 1. The smallest absolute Gasteiger partial charge is 0.0618 e. The van der Waals surface area contributed by atoms with Gasteiger partial charge in [-0.05, 0) is 56.5 Å². The minimum atomic E-state index is 0.836. The molecule has 2 aromatic rings. The van der Waals surface area contributed by atoms with E-state index in [2.05, 4.69) is 41.9 Å². The van der Waals surface area contributed by atoms with Gasteiger partial charge < -0.3 is 9.88 Å². The highest BCUT2D eigenvalue weighted by atomic mass is 35.5. The molecule has 0 unspecified atom stereocenters. The highest BCUT2D eigenvalue weighted by Crippen LogP contribution is 2.28. The average Bonchev–Trinajstić information content (AvgIpc) is 2.63. The van der Waals surface area contributed by atoms with Crippen LogP contribution in [0.3, 0.4) is 0 Å². The first kappa shape index (κ1) is 11.7. The Morgan fingerprint density at radius 1 is 1.22 bits per heavy atom. The second-order valence-electron chi connectivity index (χ2n) is 4.93. The molecular weight excluding hydrogens is 244 g/mol. The zero-order valence-corrected chi connectivity index (χ0v) is 11.5. The third-order valence-corrected chi connectivity index (χ3v) is 4.04. The first-order chi connectivity index (χ1) is 8.66. The predicted octanol–water partition coefficient (Wildman–Crippen LogP) is 4.11. The summed E-state index contributed by atoms with van der Waals surface area (Å²) in [6.07, 6.45) is 2.37. The Bertz CT molecular complexity index is 599. The number of nitrogens with zero attached hydrogens (tertiary/aromatic N) is 1.